The van der Waals surface area contributed by atoms with Crippen molar-refractivity contribution >= 4 is 17.3 Å². The van der Waals surface area contributed by atoms with Crippen molar-refractivity contribution in [1.29, 1.82) is 0 Å². The van der Waals surface area contributed by atoms with E-state index in [-0.39, 0.29) is 5.54 Å². The predicted molar refractivity (Wildman–Crippen MR) is 79.2 cm³/mol. The van der Waals surface area contributed by atoms with Crippen LogP contribution in [0.2, 0.25) is 5.02 Å². The number of rotatable bonds is 3. The number of nitrogens with one attached hydrogen (secondary N) is 1. The van der Waals surface area contributed by atoms with E-state index in [0.29, 0.717) is 12.5 Å². The van der Waals surface area contributed by atoms with Crippen LogP contribution in [0.4, 0.5) is 5.69 Å². The van der Waals surface area contributed by atoms with Crippen LogP contribution in [-0.4, -0.2) is 12.1 Å². The van der Waals surface area contributed by atoms with Crippen LogP contribution in [0.3, 0.4) is 0 Å². The highest BCUT2D eigenvalue weighted by Crippen LogP contribution is 2.36. The van der Waals surface area contributed by atoms with Gasteiger partial charge in [-0.3, -0.25) is 0 Å². The molecule has 2 rings (SSSR count). The minimum Gasteiger partial charge on any atom is -0.378 e. The van der Waals surface area contributed by atoms with Gasteiger partial charge in [-0.1, -0.05) is 37.4 Å². The van der Waals surface area contributed by atoms with E-state index < -0.39 is 0 Å². The summed E-state index contributed by atoms with van der Waals surface area (Å²) in [5, 5.41) is 4.47. The zero-order valence-corrected chi connectivity index (χ0v) is 12.1. The van der Waals surface area contributed by atoms with E-state index in [1.807, 2.05) is 13.0 Å². The number of halogens is 1. The maximum absolute atomic E-state index is 6.19. The van der Waals surface area contributed by atoms with Gasteiger partial charge in [0, 0.05) is 17.3 Å². The Balaban J connectivity index is 2.21. The van der Waals surface area contributed by atoms with E-state index in [0.717, 1.165) is 22.7 Å². The van der Waals surface area contributed by atoms with Gasteiger partial charge in [0.05, 0.1) is 5.54 Å². The summed E-state index contributed by atoms with van der Waals surface area (Å²) in [5.74, 6) is 0.608. The van der Waals surface area contributed by atoms with Crippen molar-refractivity contribution in [2.45, 2.75) is 45.1 Å². The Kier molecular flexibility index (Phi) is 4.18. The molecule has 0 bridgehead atoms. The SMILES string of the molecule is Cc1ccc(NC2(CN)CCCCC2C)cc1Cl. The fourth-order valence-corrected chi connectivity index (χ4v) is 3.09. The molecule has 0 heterocycles. The maximum Gasteiger partial charge on any atom is 0.0521 e. The molecule has 100 valence electrons. The largest absolute Gasteiger partial charge is 0.378 e. The molecule has 2 nitrogen and oxygen atoms in total. The van der Waals surface area contributed by atoms with Crippen molar-refractivity contribution in [2.24, 2.45) is 11.7 Å². The Bertz CT molecular complexity index is 419. The van der Waals surface area contributed by atoms with Crippen LogP contribution in [0.15, 0.2) is 18.2 Å². The molecule has 1 saturated carbocycles. The third-order valence-corrected chi connectivity index (χ3v) is 4.79. The molecule has 2 unspecified atom stereocenters. The summed E-state index contributed by atoms with van der Waals surface area (Å²) in [7, 11) is 0. The molecule has 18 heavy (non-hydrogen) atoms. The summed E-state index contributed by atoms with van der Waals surface area (Å²) in [6, 6.07) is 6.16. The fraction of sp³-hybridized carbons (Fsp3) is 0.600. The standard InChI is InChI=1S/C15H23ClN2/c1-11-6-7-13(9-14(11)16)18-15(10-17)8-4-3-5-12(15)2/h6-7,9,12,18H,3-5,8,10,17H2,1-2H3. The number of anilines is 1. The van der Waals surface area contributed by atoms with Crippen molar-refractivity contribution in [3.05, 3.63) is 28.8 Å². The minimum atomic E-state index is 0.0385. The molecule has 2 atom stereocenters. The van der Waals surface area contributed by atoms with Gasteiger partial charge in [0.2, 0.25) is 0 Å². The number of hydrogen-bond donors (Lipinski definition) is 2. The Morgan fingerprint density at radius 2 is 2.22 bits per heavy atom. The van der Waals surface area contributed by atoms with Gasteiger partial charge in [0.1, 0.15) is 0 Å². The normalized spacial score (nSPS) is 28.1. The molecule has 1 aromatic carbocycles. The average molecular weight is 267 g/mol. The third kappa shape index (κ3) is 2.65. The van der Waals surface area contributed by atoms with Gasteiger partial charge in [-0.25, -0.2) is 0 Å². The molecule has 0 saturated heterocycles. The molecular formula is C15H23ClN2. The van der Waals surface area contributed by atoms with Gasteiger partial charge in [0.15, 0.2) is 0 Å². The zero-order chi connectivity index (χ0) is 13.2. The number of nitrogens with two attached hydrogens (primary N) is 1. The second kappa shape index (κ2) is 5.50. The molecule has 0 radical (unpaired) electrons. The van der Waals surface area contributed by atoms with Crippen LogP contribution in [0.5, 0.6) is 0 Å². The summed E-state index contributed by atoms with van der Waals surface area (Å²) in [4.78, 5) is 0. The van der Waals surface area contributed by atoms with Crippen LogP contribution in [0.1, 0.15) is 38.2 Å². The van der Waals surface area contributed by atoms with Crippen LogP contribution >= 0.6 is 11.6 Å². The number of aryl methyl sites for hydroxylation is 1. The molecule has 0 amide bonds. The Morgan fingerprint density at radius 1 is 1.44 bits per heavy atom. The number of hydrogen-bond acceptors (Lipinski definition) is 2. The quantitative estimate of drug-likeness (QED) is 0.869. The summed E-state index contributed by atoms with van der Waals surface area (Å²) >= 11 is 6.19. The highest BCUT2D eigenvalue weighted by Gasteiger charge is 2.36. The topological polar surface area (TPSA) is 38.0 Å². The highest BCUT2D eigenvalue weighted by molar-refractivity contribution is 6.31. The lowest BCUT2D eigenvalue weighted by Crippen LogP contribution is -2.52. The van der Waals surface area contributed by atoms with E-state index in [1.54, 1.807) is 0 Å². The molecule has 1 aliphatic rings. The van der Waals surface area contributed by atoms with Crippen molar-refractivity contribution < 1.29 is 0 Å². The fourth-order valence-electron chi connectivity index (χ4n) is 2.91. The molecular weight excluding hydrogens is 244 g/mol. The zero-order valence-electron chi connectivity index (χ0n) is 11.3. The van der Waals surface area contributed by atoms with Gasteiger partial charge < -0.3 is 11.1 Å². The van der Waals surface area contributed by atoms with E-state index in [9.17, 15) is 0 Å². The van der Waals surface area contributed by atoms with Crippen molar-refractivity contribution in [3.8, 4) is 0 Å². The molecule has 3 heteroatoms. The van der Waals surface area contributed by atoms with Crippen molar-refractivity contribution in [3.63, 3.8) is 0 Å². The van der Waals surface area contributed by atoms with E-state index in [2.05, 4.69) is 24.4 Å². The van der Waals surface area contributed by atoms with Gasteiger partial charge in [-0.15, -0.1) is 0 Å². The highest BCUT2D eigenvalue weighted by atomic mass is 35.5. The predicted octanol–water partition coefficient (Wildman–Crippen LogP) is 3.97. The van der Waals surface area contributed by atoms with E-state index in [4.69, 9.17) is 17.3 Å². The Labute approximate surface area is 115 Å². The maximum atomic E-state index is 6.19. The molecule has 3 N–H and O–H groups in total. The molecule has 0 aromatic heterocycles. The van der Waals surface area contributed by atoms with Crippen LogP contribution < -0.4 is 11.1 Å². The monoisotopic (exact) mass is 266 g/mol. The van der Waals surface area contributed by atoms with Gasteiger partial charge >= 0.3 is 0 Å². The van der Waals surface area contributed by atoms with Crippen molar-refractivity contribution in [2.75, 3.05) is 11.9 Å². The van der Waals surface area contributed by atoms with E-state index in [1.165, 1.54) is 19.3 Å². The Morgan fingerprint density at radius 3 is 2.83 bits per heavy atom. The van der Waals surface area contributed by atoms with Gasteiger partial charge in [-0.2, -0.15) is 0 Å². The molecule has 1 fully saturated rings. The smallest absolute Gasteiger partial charge is 0.0521 e. The number of benzene rings is 1. The lowest BCUT2D eigenvalue weighted by atomic mass is 9.73. The molecule has 0 spiro atoms. The molecule has 1 aliphatic carbocycles. The lowest BCUT2D eigenvalue weighted by Gasteiger charge is -2.43. The first kappa shape index (κ1) is 13.7. The summed E-state index contributed by atoms with van der Waals surface area (Å²) in [6.07, 6.45) is 4.98. The summed E-state index contributed by atoms with van der Waals surface area (Å²) < 4.78 is 0. The second-order valence-corrected chi connectivity index (χ2v) is 6.00. The average Bonchev–Trinajstić information content (AvgIpc) is 2.37. The van der Waals surface area contributed by atoms with Crippen LogP contribution in [0.25, 0.3) is 0 Å². The summed E-state index contributed by atoms with van der Waals surface area (Å²) in [6.45, 7) is 5.00. The third-order valence-electron chi connectivity index (χ3n) is 4.38. The second-order valence-electron chi connectivity index (χ2n) is 5.60. The first-order chi connectivity index (χ1) is 8.57. The van der Waals surface area contributed by atoms with Crippen molar-refractivity contribution in [1.82, 2.24) is 0 Å². The van der Waals surface area contributed by atoms with Gasteiger partial charge in [-0.05, 0) is 43.4 Å². The first-order valence-electron chi connectivity index (χ1n) is 6.82. The minimum absolute atomic E-state index is 0.0385. The molecule has 0 aliphatic heterocycles. The van der Waals surface area contributed by atoms with E-state index >= 15 is 0 Å². The lowest BCUT2D eigenvalue weighted by molar-refractivity contribution is 0.235. The van der Waals surface area contributed by atoms with Crippen LogP contribution in [-0.2, 0) is 0 Å². The Hall–Kier alpha value is -0.730. The van der Waals surface area contributed by atoms with Gasteiger partial charge in [0.25, 0.3) is 0 Å². The summed E-state index contributed by atoms with van der Waals surface area (Å²) in [5.41, 5.74) is 8.29. The molecule has 1 aromatic rings. The van der Waals surface area contributed by atoms with Crippen LogP contribution in [0, 0.1) is 12.8 Å². The first-order valence-corrected chi connectivity index (χ1v) is 7.19.